The quantitative estimate of drug-likeness (QED) is 0.388. The van der Waals surface area contributed by atoms with Gasteiger partial charge in [-0.05, 0) is 37.3 Å². The van der Waals surface area contributed by atoms with Crippen LogP contribution in [0, 0.1) is 0 Å². The summed E-state index contributed by atoms with van der Waals surface area (Å²) in [5, 5.41) is 12.1. The maximum absolute atomic E-state index is 8.94. The van der Waals surface area contributed by atoms with Gasteiger partial charge in [-0.25, -0.2) is 0 Å². The third-order valence-electron chi connectivity index (χ3n) is 3.02. The van der Waals surface area contributed by atoms with E-state index in [-0.39, 0.29) is 5.84 Å². The van der Waals surface area contributed by atoms with Crippen LogP contribution in [0.25, 0.3) is 0 Å². The Bertz CT molecular complexity index is 614. The van der Waals surface area contributed by atoms with Gasteiger partial charge in [0.1, 0.15) is 0 Å². The summed E-state index contributed by atoms with van der Waals surface area (Å²) in [5.41, 5.74) is 8.42. The first kappa shape index (κ1) is 14.4. The Hall–Kier alpha value is -2.01. The van der Waals surface area contributed by atoms with Gasteiger partial charge in [0.2, 0.25) is 0 Å². The van der Waals surface area contributed by atoms with Crippen molar-refractivity contribution in [2.75, 3.05) is 11.4 Å². The smallest absolute Gasteiger partial charge is 0.172 e. The molecular formula is C15H16BrN3O. The van der Waals surface area contributed by atoms with Crippen LogP contribution < -0.4 is 10.6 Å². The number of nitrogens with two attached hydrogens (primary N) is 1. The lowest BCUT2D eigenvalue weighted by Gasteiger charge is -2.25. The molecule has 2 rings (SSSR count). The van der Waals surface area contributed by atoms with Crippen LogP contribution in [0.1, 0.15) is 12.5 Å². The van der Waals surface area contributed by atoms with Gasteiger partial charge in [0.05, 0.1) is 5.69 Å². The molecular weight excluding hydrogens is 318 g/mol. The Balaban J connectivity index is 2.57. The molecule has 0 unspecified atom stereocenters. The molecule has 2 aromatic carbocycles. The summed E-state index contributed by atoms with van der Waals surface area (Å²) in [7, 11) is 0. The molecule has 0 spiro atoms. The summed E-state index contributed by atoms with van der Waals surface area (Å²) in [6.45, 7) is 2.83. The summed E-state index contributed by atoms with van der Waals surface area (Å²) in [4.78, 5) is 2.11. The van der Waals surface area contributed by atoms with Gasteiger partial charge in [0.15, 0.2) is 5.84 Å². The molecule has 0 amide bonds. The summed E-state index contributed by atoms with van der Waals surface area (Å²) in [5.74, 6) is 0.0990. The highest BCUT2D eigenvalue weighted by atomic mass is 79.9. The van der Waals surface area contributed by atoms with Crippen molar-refractivity contribution in [2.45, 2.75) is 6.92 Å². The highest BCUT2D eigenvalue weighted by Gasteiger charge is 2.15. The van der Waals surface area contributed by atoms with Crippen molar-refractivity contribution in [3.05, 3.63) is 58.6 Å². The standard InChI is InChI=1S/C15H16BrN3O/c1-2-19(12-6-4-3-5-7-12)14-10-11(16)8-9-13(14)15(17)18-20/h3-10,20H,2H2,1H3,(H2,17,18). The predicted molar refractivity (Wildman–Crippen MR) is 85.8 cm³/mol. The highest BCUT2D eigenvalue weighted by molar-refractivity contribution is 9.10. The fourth-order valence-electron chi connectivity index (χ4n) is 2.10. The van der Waals surface area contributed by atoms with Crippen molar-refractivity contribution in [2.24, 2.45) is 10.9 Å². The van der Waals surface area contributed by atoms with E-state index >= 15 is 0 Å². The van der Waals surface area contributed by atoms with Gasteiger partial charge in [-0.3, -0.25) is 0 Å². The molecule has 0 aliphatic carbocycles. The molecule has 0 aromatic heterocycles. The minimum absolute atomic E-state index is 0.0990. The first-order valence-electron chi connectivity index (χ1n) is 6.27. The number of nitrogens with zero attached hydrogens (tertiary/aromatic N) is 2. The maximum atomic E-state index is 8.94. The molecule has 2 aromatic rings. The van der Waals surface area contributed by atoms with E-state index in [4.69, 9.17) is 10.9 Å². The average Bonchev–Trinajstić information content (AvgIpc) is 2.48. The second-order valence-electron chi connectivity index (χ2n) is 4.23. The molecule has 0 fully saturated rings. The second kappa shape index (κ2) is 6.43. The van der Waals surface area contributed by atoms with Crippen LogP contribution >= 0.6 is 15.9 Å². The van der Waals surface area contributed by atoms with Gasteiger partial charge < -0.3 is 15.8 Å². The topological polar surface area (TPSA) is 61.8 Å². The zero-order chi connectivity index (χ0) is 14.5. The van der Waals surface area contributed by atoms with E-state index in [1.54, 1.807) is 0 Å². The average molecular weight is 334 g/mol. The van der Waals surface area contributed by atoms with E-state index < -0.39 is 0 Å². The number of halogens is 1. The Labute approximate surface area is 126 Å². The summed E-state index contributed by atoms with van der Waals surface area (Å²) < 4.78 is 0.941. The van der Waals surface area contributed by atoms with Crippen LogP contribution in [-0.2, 0) is 0 Å². The normalized spacial score (nSPS) is 11.4. The number of para-hydroxylation sites is 1. The number of amidine groups is 1. The number of benzene rings is 2. The molecule has 5 heteroatoms. The molecule has 0 aliphatic heterocycles. The van der Waals surface area contributed by atoms with E-state index in [0.717, 1.165) is 22.4 Å². The number of rotatable bonds is 4. The van der Waals surface area contributed by atoms with Crippen LogP contribution in [0.4, 0.5) is 11.4 Å². The summed E-state index contributed by atoms with van der Waals surface area (Å²) >= 11 is 3.47. The van der Waals surface area contributed by atoms with Crippen LogP contribution in [0.5, 0.6) is 0 Å². The first-order valence-corrected chi connectivity index (χ1v) is 7.06. The monoisotopic (exact) mass is 333 g/mol. The molecule has 0 saturated carbocycles. The number of hydrogen-bond acceptors (Lipinski definition) is 3. The van der Waals surface area contributed by atoms with Crippen molar-refractivity contribution in [3.8, 4) is 0 Å². The summed E-state index contributed by atoms with van der Waals surface area (Å²) in [6, 6.07) is 15.7. The molecule has 0 heterocycles. The molecule has 0 radical (unpaired) electrons. The molecule has 0 bridgehead atoms. The Kier molecular flexibility index (Phi) is 4.63. The molecule has 4 nitrogen and oxygen atoms in total. The molecule has 0 atom stereocenters. The molecule has 3 N–H and O–H groups in total. The van der Waals surface area contributed by atoms with Crippen molar-refractivity contribution in [1.82, 2.24) is 0 Å². The minimum Gasteiger partial charge on any atom is -0.409 e. The van der Waals surface area contributed by atoms with Crippen LogP contribution in [-0.4, -0.2) is 17.6 Å². The van der Waals surface area contributed by atoms with Gasteiger partial charge in [-0.1, -0.05) is 39.3 Å². The lowest BCUT2D eigenvalue weighted by molar-refractivity contribution is 0.318. The van der Waals surface area contributed by atoms with Gasteiger partial charge in [-0.15, -0.1) is 0 Å². The predicted octanol–water partition coefficient (Wildman–Crippen LogP) is 3.70. The zero-order valence-electron chi connectivity index (χ0n) is 11.1. The SMILES string of the molecule is CCN(c1ccccc1)c1cc(Br)ccc1/C(N)=N/O. The van der Waals surface area contributed by atoms with Crippen molar-refractivity contribution in [1.29, 1.82) is 0 Å². The van der Waals surface area contributed by atoms with Crippen LogP contribution in [0.2, 0.25) is 0 Å². The van der Waals surface area contributed by atoms with E-state index in [1.807, 2.05) is 48.5 Å². The van der Waals surface area contributed by atoms with E-state index in [0.29, 0.717) is 5.56 Å². The highest BCUT2D eigenvalue weighted by Crippen LogP contribution is 2.30. The largest absolute Gasteiger partial charge is 0.409 e. The second-order valence-corrected chi connectivity index (χ2v) is 5.14. The lowest BCUT2D eigenvalue weighted by Crippen LogP contribution is -2.22. The zero-order valence-corrected chi connectivity index (χ0v) is 12.7. The van der Waals surface area contributed by atoms with E-state index in [2.05, 4.69) is 32.9 Å². The molecule has 0 saturated heterocycles. The molecule has 20 heavy (non-hydrogen) atoms. The number of anilines is 2. The van der Waals surface area contributed by atoms with Gasteiger partial charge in [-0.2, -0.15) is 0 Å². The van der Waals surface area contributed by atoms with E-state index in [9.17, 15) is 0 Å². The Morgan fingerprint density at radius 1 is 1.25 bits per heavy atom. The molecule has 104 valence electrons. The van der Waals surface area contributed by atoms with Gasteiger partial charge in [0.25, 0.3) is 0 Å². The lowest BCUT2D eigenvalue weighted by atomic mass is 10.1. The van der Waals surface area contributed by atoms with Gasteiger partial charge in [0, 0.05) is 22.3 Å². The maximum Gasteiger partial charge on any atom is 0.172 e. The molecule has 0 aliphatic rings. The number of oxime groups is 1. The van der Waals surface area contributed by atoms with Crippen LogP contribution in [0.15, 0.2) is 58.2 Å². The third-order valence-corrected chi connectivity index (χ3v) is 3.51. The van der Waals surface area contributed by atoms with Crippen molar-refractivity contribution in [3.63, 3.8) is 0 Å². The van der Waals surface area contributed by atoms with Gasteiger partial charge >= 0.3 is 0 Å². The van der Waals surface area contributed by atoms with E-state index in [1.165, 1.54) is 0 Å². The summed E-state index contributed by atoms with van der Waals surface area (Å²) in [6.07, 6.45) is 0. The number of hydrogen-bond donors (Lipinski definition) is 2. The first-order chi connectivity index (χ1) is 9.67. The fraction of sp³-hybridized carbons (Fsp3) is 0.133. The minimum atomic E-state index is 0.0990. The third kappa shape index (κ3) is 2.93. The van der Waals surface area contributed by atoms with Crippen molar-refractivity contribution < 1.29 is 5.21 Å². The van der Waals surface area contributed by atoms with Crippen LogP contribution in [0.3, 0.4) is 0 Å². The Morgan fingerprint density at radius 2 is 1.95 bits per heavy atom. The van der Waals surface area contributed by atoms with Crippen molar-refractivity contribution >= 4 is 33.1 Å². The Morgan fingerprint density at radius 3 is 2.55 bits per heavy atom. The fourth-order valence-corrected chi connectivity index (χ4v) is 2.45.